The summed E-state index contributed by atoms with van der Waals surface area (Å²) in [6.07, 6.45) is 4.22. The Kier molecular flexibility index (Phi) is 5.52. The largest absolute Gasteiger partial charge is 0.444 e. The lowest BCUT2D eigenvalue weighted by Gasteiger charge is -2.08. The van der Waals surface area contributed by atoms with Gasteiger partial charge in [0.2, 0.25) is 0 Å². The Labute approximate surface area is 158 Å². The second-order valence-corrected chi connectivity index (χ2v) is 6.38. The zero-order valence-electron chi connectivity index (χ0n) is 14.0. The van der Waals surface area contributed by atoms with Crippen molar-refractivity contribution in [2.24, 2.45) is 7.05 Å². The first-order valence-electron chi connectivity index (χ1n) is 7.94. The van der Waals surface area contributed by atoms with Gasteiger partial charge in [-0.25, -0.2) is 4.98 Å². The monoisotopic (exact) mass is 416 g/mol. The number of furan rings is 1. The number of anilines is 1. The fourth-order valence-corrected chi connectivity index (χ4v) is 2.70. The van der Waals surface area contributed by atoms with Crippen LogP contribution >= 0.6 is 15.9 Å². The first kappa shape index (κ1) is 17.9. The molecule has 26 heavy (non-hydrogen) atoms. The third kappa shape index (κ3) is 4.40. The number of nitrogens with zero attached hydrogens (tertiary/aromatic N) is 2. The molecule has 0 radical (unpaired) electrons. The van der Waals surface area contributed by atoms with Gasteiger partial charge in [0.05, 0.1) is 0 Å². The highest BCUT2D eigenvalue weighted by Gasteiger charge is 2.12. The smallest absolute Gasteiger partial charge is 0.291 e. The minimum absolute atomic E-state index is 0.182. The SMILES string of the molecule is Cn1ccnc1CCNC(=O)c1cccc(NC(=O)c2ccc(Br)o2)c1. The number of nitrogens with one attached hydrogen (secondary N) is 2. The maximum Gasteiger partial charge on any atom is 0.291 e. The number of imidazole rings is 1. The van der Waals surface area contributed by atoms with Gasteiger partial charge in [0.15, 0.2) is 10.4 Å². The van der Waals surface area contributed by atoms with E-state index in [0.29, 0.717) is 28.9 Å². The second-order valence-electron chi connectivity index (χ2n) is 5.60. The Morgan fingerprint density at radius 3 is 2.77 bits per heavy atom. The van der Waals surface area contributed by atoms with E-state index in [1.165, 1.54) is 0 Å². The average molecular weight is 417 g/mol. The van der Waals surface area contributed by atoms with Crippen LogP contribution in [0.3, 0.4) is 0 Å². The zero-order valence-corrected chi connectivity index (χ0v) is 15.6. The molecule has 7 nitrogen and oxygen atoms in total. The molecule has 3 rings (SSSR count). The molecule has 0 fully saturated rings. The molecular weight excluding hydrogens is 400 g/mol. The molecule has 8 heteroatoms. The van der Waals surface area contributed by atoms with Gasteiger partial charge in [0.25, 0.3) is 11.8 Å². The summed E-state index contributed by atoms with van der Waals surface area (Å²) < 4.78 is 7.60. The van der Waals surface area contributed by atoms with Crippen LogP contribution in [0.1, 0.15) is 26.7 Å². The summed E-state index contributed by atoms with van der Waals surface area (Å²) in [5, 5.41) is 5.56. The number of hydrogen-bond donors (Lipinski definition) is 2. The van der Waals surface area contributed by atoms with Crippen LogP contribution in [0, 0.1) is 0 Å². The number of aryl methyl sites for hydroxylation is 1. The van der Waals surface area contributed by atoms with Crippen LogP contribution in [0.5, 0.6) is 0 Å². The van der Waals surface area contributed by atoms with Gasteiger partial charge in [-0.2, -0.15) is 0 Å². The van der Waals surface area contributed by atoms with Crippen LogP contribution in [0.4, 0.5) is 5.69 Å². The number of hydrogen-bond acceptors (Lipinski definition) is 4. The third-order valence-electron chi connectivity index (χ3n) is 3.73. The molecule has 0 spiro atoms. The first-order valence-corrected chi connectivity index (χ1v) is 8.73. The molecule has 2 N–H and O–H groups in total. The summed E-state index contributed by atoms with van der Waals surface area (Å²) in [6, 6.07) is 9.93. The fourth-order valence-electron chi connectivity index (χ4n) is 2.39. The van der Waals surface area contributed by atoms with E-state index in [0.717, 1.165) is 5.82 Å². The third-order valence-corrected chi connectivity index (χ3v) is 4.16. The Balaban J connectivity index is 1.58. The van der Waals surface area contributed by atoms with E-state index in [4.69, 9.17) is 4.42 Å². The topological polar surface area (TPSA) is 89.2 Å². The van der Waals surface area contributed by atoms with Crippen molar-refractivity contribution in [1.82, 2.24) is 14.9 Å². The van der Waals surface area contributed by atoms with Crippen LogP contribution in [0.2, 0.25) is 0 Å². The summed E-state index contributed by atoms with van der Waals surface area (Å²) in [7, 11) is 1.91. The molecule has 0 unspecified atom stereocenters. The highest BCUT2D eigenvalue weighted by Crippen LogP contribution is 2.17. The normalized spacial score (nSPS) is 10.5. The molecule has 2 aromatic heterocycles. The summed E-state index contributed by atoms with van der Waals surface area (Å²) in [6.45, 7) is 0.473. The molecule has 134 valence electrons. The molecule has 2 amide bonds. The predicted octanol–water partition coefficient (Wildman–Crippen LogP) is 3.00. The lowest BCUT2D eigenvalue weighted by Crippen LogP contribution is -2.26. The summed E-state index contributed by atoms with van der Waals surface area (Å²) in [4.78, 5) is 28.6. The minimum atomic E-state index is -0.386. The number of carbonyl (C=O) groups excluding carboxylic acids is 2. The molecule has 3 aromatic rings. The van der Waals surface area contributed by atoms with Crippen LogP contribution in [-0.2, 0) is 13.5 Å². The predicted molar refractivity (Wildman–Crippen MR) is 100 cm³/mol. The second kappa shape index (κ2) is 8.01. The number of carbonyl (C=O) groups is 2. The van der Waals surface area contributed by atoms with Crippen LogP contribution in [0.15, 0.2) is 57.9 Å². The molecule has 0 saturated heterocycles. The van der Waals surface area contributed by atoms with Gasteiger partial charge in [0.1, 0.15) is 5.82 Å². The number of benzene rings is 1. The molecule has 0 atom stereocenters. The van der Waals surface area contributed by atoms with E-state index < -0.39 is 0 Å². The van der Waals surface area contributed by atoms with E-state index in [9.17, 15) is 9.59 Å². The van der Waals surface area contributed by atoms with Gasteiger partial charge < -0.3 is 19.6 Å². The van der Waals surface area contributed by atoms with Gasteiger partial charge in [-0.1, -0.05) is 6.07 Å². The van der Waals surface area contributed by atoms with E-state index in [1.54, 1.807) is 42.6 Å². The lowest BCUT2D eigenvalue weighted by atomic mass is 10.2. The Hall–Kier alpha value is -2.87. The van der Waals surface area contributed by atoms with Crippen molar-refractivity contribution in [1.29, 1.82) is 0 Å². The van der Waals surface area contributed by atoms with E-state index in [-0.39, 0.29) is 17.6 Å². The summed E-state index contributed by atoms with van der Waals surface area (Å²) in [5.41, 5.74) is 0.975. The Morgan fingerprint density at radius 1 is 1.23 bits per heavy atom. The average Bonchev–Trinajstić information content (AvgIpc) is 3.24. The van der Waals surface area contributed by atoms with Crippen molar-refractivity contribution < 1.29 is 14.0 Å². The molecular formula is C18H17BrN4O3. The molecule has 0 aliphatic rings. The molecule has 0 bridgehead atoms. The number of halogens is 1. The van der Waals surface area contributed by atoms with Crippen molar-refractivity contribution in [3.05, 3.63) is 70.6 Å². The lowest BCUT2D eigenvalue weighted by molar-refractivity contribution is 0.0951. The number of amides is 2. The van der Waals surface area contributed by atoms with Crippen molar-refractivity contribution in [3.8, 4) is 0 Å². The van der Waals surface area contributed by atoms with E-state index >= 15 is 0 Å². The summed E-state index contributed by atoms with van der Waals surface area (Å²) in [5.74, 6) is 0.483. The van der Waals surface area contributed by atoms with Gasteiger partial charge in [-0.05, 0) is 46.3 Å². The molecule has 0 saturated carbocycles. The molecule has 0 aliphatic carbocycles. The van der Waals surface area contributed by atoms with Gasteiger partial charge in [0, 0.05) is 43.7 Å². The van der Waals surface area contributed by atoms with Crippen molar-refractivity contribution in [3.63, 3.8) is 0 Å². The maximum absolute atomic E-state index is 12.3. The van der Waals surface area contributed by atoms with Gasteiger partial charge >= 0.3 is 0 Å². The first-order chi connectivity index (χ1) is 12.5. The fraction of sp³-hybridized carbons (Fsp3) is 0.167. The standard InChI is InChI=1S/C18H17BrN4O3/c1-23-10-9-20-16(23)7-8-21-17(24)12-3-2-4-13(11-12)22-18(25)14-5-6-15(19)26-14/h2-6,9-11H,7-8H2,1H3,(H,21,24)(H,22,25). The highest BCUT2D eigenvalue weighted by atomic mass is 79.9. The Bertz CT molecular complexity index is 932. The Morgan fingerprint density at radius 2 is 2.08 bits per heavy atom. The van der Waals surface area contributed by atoms with Crippen molar-refractivity contribution in [2.45, 2.75) is 6.42 Å². The van der Waals surface area contributed by atoms with Gasteiger partial charge in [-0.15, -0.1) is 0 Å². The van der Waals surface area contributed by atoms with Crippen LogP contribution in [0.25, 0.3) is 0 Å². The van der Waals surface area contributed by atoms with Crippen LogP contribution in [-0.4, -0.2) is 27.9 Å². The van der Waals surface area contributed by atoms with Crippen molar-refractivity contribution in [2.75, 3.05) is 11.9 Å². The quantitative estimate of drug-likeness (QED) is 0.646. The highest BCUT2D eigenvalue weighted by molar-refractivity contribution is 9.10. The summed E-state index contributed by atoms with van der Waals surface area (Å²) >= 11 is 3.15. The zero-order chi connectivity index (χ0) is 18.5. The molecule has 1 aromatic carbocycles. The maximum atomic E-state index is 12.3. The number of aromatic nitrogens is 2. The minimum Gasteiger partial charge on any atom is -0.444 e. The molecule has 0 aliphatic heterocycles. The van der Waals surface area contributed by atoms with Gasteiger partial charge in [-0.3, -0.25) is 9.59 Å². The van der Waals surface area contributed by atoms with Crippen LogP contribution < -0.4 is 10.6 Å². The molecule has 2 heterocycles. The number of rotatable bonds is 6. The van der Waals surface area contributed by atoms with Crippen molar-refractivity contribution >= 4 is 33.4 Å². The van der Waals surface area contributed by atoms with E-state index in [2.05, 4.69) is 31.5 Å². The van der Waals surface area contributed by atoms with E-state index in [1.807, 2.05) is 17.8 Å².